The van der Waals surface area contributed by atoms with Crippen LogP contribution in [0.4, 0.5) is 4.79 Å². The maximum atomic E-state index is 12.9. The molecule has 0 saturated carbocycles. The molecule has 1 heterocycles. The zero-order chi connectivity index (χ0) is 21.4. The third-order valence-corrected chi connectivity index (χ3v) is 4.75. The van der Waals surface area contributed by atoms with Crippen molar-refractivity contribution in [3.05, 3.63) is 34.6 Å². The molecule has 1 aromatic heterocycles. The topological polar surface area (TPSA) is 102 Å². The van der Waals surface area contributed by atoms with Gasteiger partial charge in [-0.3, -0.25) is 19.5 Å². The second-order valence-electron chi connectivity index (χ2n) is 7.46. The fourth-order valence-electron chi connectivity index (χ4n) is 2.59. The summed E-state index contributed by atoms with van der Waals surface area (Å²) in [5.41, 5.74) is -0.0224. The van der Waals surface area contributed by atoms with Crippen molar-refractivity contribution in [3.63, 3.8) is 0 Å². The average molecular weight is 421 g/mol. The third-order valence-electron chi connectivity index (χ3n) is 3.77. The van der Waals surface area contributed by atoms with E-state index >= 15 is 0 Å². The molecule has 0 aliphatic rings. The third kappa shape index (κ3) is 7.17. The van der Waals surface area contributed by atoms with Crippen LogP contribution in [0.3, 0.4) is 0 Å². The normalized spacial score (nSPS) is 11.4. The molecule has 2 aromatic rings. The highest BCUT2D eigenvalue weighted by Crippen LogP contribution is 2.18. The first-order chi connectivity index (χ1) is 13.7. The lowest BCUT2D eigenvalue weighted by Crippen LogP contribution is -2.48. The molecular formula is C20H28N4O4S. The minimum Gasteiger partial charge on any atom is -0.382 e. The van der Waals surface area contributed by atoms with Gasteiger partial charge in [-0.05, 0) is 46.2 Å². The molecule has 9 heteroatoms. The van der Waals surface area contributed by atoms with Crippen LogP contribution in [-0.2, 0) is 16.1 Å². The van der Waals surface area contributed by atoms with Crippen LogP contribution in [0.2, 0.25) is 0 Å². The van der Waals surface area contributed by atoms with Crippen LogP contribution in [0.5, 0.6) is 0 Å². The summed E-state index contributed by atoms with van der Waals surface area (Å²) in [5, 5.41) is 5.93. The first-order valence-electron chi connectivity index (χ1n) is 9.53. The van der Waals surface area contributed by atoms with Gasteiger partial charge in [0.15, 0.2) is 5.16 Å². The summed E-state index contributed by atoms with van der Waals surface area (Å²) in [4.78, 5) is 41.4. The van der Waals surface area contributed by atoms with Gasteiger partial charge in [0.2, 0.25) is 5.91 Å². The number of urea groups is 1. The zero-order valence-corrected chi connectivity index (χ0v) is 18.1. The molecule has 0 fully saturated rings. The SMILES string of the molecule is CCOCCCn1c(SCC(=O)NC(=O)NC(C)(C)C)nc2ccccc2c1=O. The largest absolute Gasteiger partial charge is 0.382 e. The molecule has 0 spiro atoms. The Morgan fingerprint density at radius 2 is 1.97 bits per heavy atom. The first kappa shape index (κ1) is 22.9. The minimum absolute atomic E-state index is 0.0339. The maximum absolute atomic E-state index is 12.9. The smallest absolute Gasteiger partial charge is 0.321 e. The first-order valence-corrected chi connectivity index (χ1v) is 10.5. The molecule has 0 saturated heterocycles. The summed E-state index contributed by atoms with van der Waals surface area (Å²) in [7, 11) is 0. The second kappa shape index (κ2) is 10.4. The molecule has 0 aliphatic heterocycles. The van der Waals surface area contributed by atoms with E-state index in [-0.39, 0.29) is 11.3 Å². The van der Waals surface area contributed by atoms with Gasteiger partial charge in [-0.25, -0.2) is 9.78 Å². The van der Waals surface area contributed by atoms with Crippen LogP contribution in [-0.4, -0.2) is 46.0 Å². The Morgan fingerprint density at radius 3 is 2.66 bits per heavy atom. The molecule has 8 nitrogen and oxygen atoms in total. The number of hydrogen-bond donors (Lipinski definition) is 2. The number of carbonyl (C=O) groups excluding carboxylic acids is 2. The van der Waals surface area contributed by atoms with Gasteiger partial charge in [0.05, 0.1) is 16.7 Å². The Bertz CT molecular complexity index is 921. The molecule has 0 bridgehead atoms. The van der Waals surface area contributed by atoms with Gasteiger partial charge in [0, 0.05) is 25.3 Å². The van der Waals surface area contributed by atoms with Gasteiger partial charge < -0.3 is 10.1 Å². The van der Waals surface area contributed by atoms with E-state index in [0.717, 1.165) is 11.8 Å². The Labute approximate surface area is 174 Å². The van der Waals surface area contributed by atoms with Crippen molar-refractivity contribution >= 4 is 34.6 Å². The number of ether oxygens (including phenoxy) is 1. The second-order valence-corrected chi connectivity index (χ2v) is 8.40. The van der Waals surface area contributed by atoms with E-state index in [4.69, 9.17) is 4.74 Å². The average Bonchev–Trinajstić information content (AvgIpc) is 2.63. The van der Waals surface area contributed by atoms with E-state index < -0.39 is 17.5 Å². The number of benzene rings is 1. The summed E-state index contributed by atoms with van der Waals surface area (Å²) in [6, 6.07) is 6.56. The van der Waals surface area contributed by atoms with E-state index in [1.807, 2.05) is 33.8 Å². The molecule has 0 unspecified atom stereocenters. The predicted octanol–water partition coefficient (Wildman–Crippen LogP) is 2.54. The van der Waals surface area contributed by atoms with Gasteiger partial charge in [-0.2, -0.15) is 0 Å². The number of carbonyl (C=O) groups is 2. The van der Waals surface area contributed by atoms with E-state index in [1.165, 1.54) is 0 Å². The number of amides is 3. The van der Waals surface area contributed by atoms with Crippen molar-refractivity contribution in [2.75, 3.05) is 19.0 Å². The fourth-order valence-corrected chi connectivity index (χ4v) is 3.41. The van der Waals surface area contributed by atoms with E-state index in [9.17, 15) is 14.4 Å². The molecule has 158 valence electrons. The Kier molecular flexibility index (Phi) is 8.21. The molecular weight excluding hydrogens is 392 g/mol. The van der Waals surface area contributed by atoms with Crippen LogP contribution < -0.4 is 16.2 Å². The van der Waals surface area contributed by atoms with E-state index in [1.54, 1.807) is 22.8 Å². The maximum Gasteiger partial charge on any atom is 0.321 e. The molecule has 0 atom stereocenters. The summed E-state index contributed by atoms with van der Waals surface area (Å²) in [5.74, 6) is -0.492. The number of nitrogens with zero attached hydrogens (tertiary/aromatic N) is 2. The van der Waals surface area contributed by atoms with Crippen molar-refractivity contribution in [1.82, 2.24) is 20.2 Å². The quantitative estimate of drug-likeness (QED) is 0.387. The van der Waals surface area contributed by atoms with Crippen molar-refractivity contribution in [2.24, 2.45) is 0 Å². The lowest BCUT2D eigenvalue weighted by molar-refractivity contribution is -0.117. The number of aromatic nitrogens is 2. The highest BCUT2D eigenvalue weighted by molar-refractivity contribution is 7.99. The van der Waals surface area contributed by atoms with Crippen molar-refractivity contribution in [3.8, 4) is 0 Å². The summed E-state index contributed by atoms with van der Waals surface area (Å²) >= 11 is 1.13. The fraction of sp³-hybridized carbons (Fsp3) is 0.500. The lowest BCUT2D eigenvalue weighted by atomic mass is 10.1. The number of hydrogen-bond acceptors (Lipinski definition) is 6. The Balaban J connectivity index is 2.14. The van der Waals surface area contributed by atoms with Crippen molar-refractivity contribution < 1.29 is 14.3 Å². The van der Waals surface area contributed by atoms with Crippen LogP contribution in [0, 0.1) is 0 Å². The van der Waals surface area contributed by atoms with Crippen LogP contribution in [0.1, 0.15) is 34.1 Å². The molecule has 0 radical (unpaired) electrons. The number of imide groups is 1. The number of nitrogens with one attached hydrogen (secondary N) is 2. The molecule has 0 aliphatic carbocycles. The van der Waals surface area contributed by atoms with Gasteiger partial charge in [-0.1, -0.05) is 23.9 Å². The van der Waals surface area contributed by atoms with Crippen LogP contribution in [0.25, 0.3) is 10.9 Å². The predicted molar refractivity (Wildman–Crippen MR) is 114 cm³/mol. The molecule has 1 aromatic carbocycles. The molecule has 3 amide bonds. The molecule has 2 rings (SSSR count). The van der Waals surface area contributed by atoms with Crippen LogP contribution in [0.15, 0.2) is 34.2 Å². The van der Waals surface area contributed by atoms with E-state index in [2.05, 4.69) is 15.6 Å². The summed E-state index contributed by atoms with van der Waals surface area (Å²) < 4.78 is 6.92. The number of rotatable bonds is 8. The minimum atomic E-state index is -0.552. The highest BCUT2D eigenvalue weighted by Gasteiger charge is 2.17. The molecule has 2 N–H and O–H groups in total. The van der Waals surface area contributed by atoms with Crippen molar-refractivity contribution in [1.29, 1.82) is 0 Å². The standard InChI is InChI=1S/C20H28N4O4S/c1-5-28-12-8-11-24-17(26)14-9-6-7-10-15(14)21-19(24)29-13-16(25)22-18(27)23-20(2,3)4/h6-7,9-10H,5,8,11-13H2,1-4H3,(H2,22,23,25,27). The lowest BCUT2D eigenvalue weighted by Gasteiger charge is -2.20. The number of thioether (sulfide) groups is 1. The number of para-hydroxylation sites is 1. The van der Waals surface area contributed by atoms with E-state index in [0.29, 0.717) is 42.2 Å². The monoisotopic (exact) mass is 420 g/mol. The van der Waals surface area contributed by atoms with Crippen LogP contribution >= 0.6 is 11.8 Å². The Morgan fingerprint density at radius 1 is 1.24 bits per heavy atom. The van der Waals surface area contributed by atoms with Gasteiger partial charge in [0.25, 0.3) is 5.56 Å². The van der Waals surface area contributed by atoms with Crippen molar-refractivity contribution in [2.45, 2.75) is 51.4 Å². The van der Waals surface area contributed by atoms with Gasteiger partial charge in [-0.15, -0.1) is 0 Å². The van der Waals surface area contributed by atoms with Gasteiger partial charge >= 0.3 is 6.03 Å². The number of fused-ring (bicyclic) bond motifs is 1. The summed E-state index contributed by atoms with van der Waals surface area (Å²) in [6.45, 7) is 8.98. The Hall–Kier alpha value is -2.39. The highest BCUT2D eigenvalue weighted by atomic mass is 32.2. The van der Waals surface area contributed by atoms with Gasteiger partial charge in [0.1, 0.15) is 0 Å². The zero-order valence-electron chi connectivity index (χ0n) is 17.3. The molecule has 29 heavy (non-hydrogen) atoms. The summed E-state index contributed by atoms with van der Waals surface area (Å²) in [6.07, 6.45) is 0.654.